The summed E-state index contributed by atoms with van der Waals surface area (Å²) >= 11 is 0. The van der Waals surface area contributed by atoms with Gasteiger partial charge < -0.3 is 20.1 Å². The van der Waals surface area contributed by atoms with Crippen molar-refractivity contribution >= 4 is 29.9 Å². The van der Waals surface area contributed by atoms with Crippen molar-refractivity contribution in [2.45, 2.75) is 57.2 Å². The van der Waals surface area contributed by atoms with Crippen molar-refractivity contribution in [3.05, 3.63) is 29.8 Å². The van der Waals surface area contributed by atoms with E-state index in [0.717, 1.165) is 23.9 Å². The lowest BCUT2D eigenvalue weighted by atomic mass is 9.54. The summed E-state index contributed by atoms with van der Waals surface area (Å²) in [4.78, 5) is 4.51. The average Bonchev–Trinajstić information content (AvgIpc) is 3.33. The molecule has 2 N–H and O–H groups in total. The Morgan fingerprint density at radius 1 is 1.30 bits per heavy atom. The largest absolute Gasteiger partial charge is 0.496 e. The molecule has 0 bridgehead atoms. The summed E-state index contributed by atoms with van der Waals surface area (Å²) < 4.78 is 11.6. The zero-order chi connectivity index (χ0) is 18.1. The van der Waals surface area contributed by atoms with E-state index in [-0.39, 0.29) is 30.0 Å². The van der Waals surface area contributed by atoms with E-state index in [4.69, 9.17) is 9.47 Å². The summed E-state index contributed by atoms with van der Waals surface area (Å²) in [6, 6.07) is 8.75. The maximum absolute atomic E-state index is 6.10. The van der Waals surface area contributed by atoms with E-state index in [9.17, 15) is 0 Å². The highest BCUT2D eigenvalue weighted by atomic mass is 127. The molecule has 2 saturated carbocycles. The van der Waals surface area contributed by atoms with Gasteiger partial charge in [-0.25, -0.2) is 0 Å². The molecule has 1 heterocycles. The third-order valence-electron chi connectivity index (χ3n) is 6.76. The van der Waals surface area contributed by atoms with E-state index in [1.165, 1.54) is 32.1 Å². The van der Waals surface area contributed by atoms with Gasteiger partial charge in [-0.3, -0.25) is 4.99 Å². The first-order valence-corrected chi connectivity index (χ1v) is 9.94. The number of methoxy groups -OCH3 is 1. The summed E-state index contributed by atoms with van der Waals surface area (Å²) in [5.74, 6) is 2.42. The number of fused-ring (bicyclic) bond motifs is 2. The molecule has 150 valence electrons. The molecule has 6 heteroatoms. The van der Waals surface area contributed by atoms with Gasteiger partial charge in [0.1, 0.15) is 5.75 Å². The number of halogens is 1. The van der Waals surface area contributed by atoms with Crippen molar-refractivity contribution in [2.75, 3.05) is 20.8 Å². The smallest absolute Gasteiger partial charge is 0.191 e. The lowest BCUT2D eigenvalue weighted by molar-refractivity contribution is -0.125. The number of aliphatic imine (C=N–C) groups is 1. The topological polar surface area (TPSA) is 54.9 Å². The van der Waals surface area contributed by atoms with Crippen LogP contribution in [-0.4, -0.2) is 38.9 Å². The number of nitrogens with zero attached hydrogens (tertiary/aromatic N) is 1. The minimum atomic E-state index is 0. The van der Waals surface area contributed by atoms with Crippen molar-refractivity contribution in [1.29, 1.82) is 0 Å². The zero-order valence-electron chi connectivity index (χ0n) is 16.5. The Labute approximate surface area is 179 Å². The lowest BCUT2D eigenvalue weighted by Crippen LogP contribution is -2.69. The Balaban J connectivity index is 0.00000210. The van der Waals surface area contributed by atoms with Crippen molar-refractivity contribution in [3.8, 4) is 5.75 Å². The molecule has 0 aromatic heterocycles. The maximum Gasteiger partial charge on any atom is 0.191 e. The molecule has 1 saturated heterocycles. The van der Waals surface area contributed by atoms with E-state index in [1.807, 2.05) is 25.2 Å². The Morgan fingerprint density at radius 3 is 2.74 bits per heavy atom. The van der Waals surface area contributed by atoms with Crippen LogP contribution >= 0.6 is 24.0 Å². The van der Waals surface area contributed by atoms with E-state index >= 15 is 0 Å². The molecule has 4 atom stereocenters. The minimum absolute atomic E-state index is 0. The SMILES string of the molecule is CN=C(NC(C)c1ccccc1OC)NC1C2CCOC2C12CCCC2.I. The molecule has 3 fully saturated rings. The maximum atomic E-state index is 6.10. The van der Waals surface area contributed by atoms with Crippen LogP contribution < -0.4 is 15.4 Å². The quantitative estimate of drug-likeness (QED) is 0.386. The number of benzene rings is 1. The molecule has 4 rings (SSSR count). The zero-order valence-corrected chi connectivity index (χ0v) is 18.9. The Bertz CT molecular complexity index is 675. The second kappa shape index (κ2) is 8.55. The van der Waals surface area contributed by atoms with Crippen molar-refractivity contribution < 1.29 is 9.47 Å². The summed E-state index contributed by atoms with van der Waals surface area (Å²) in [6.45, 7) is 3.07. The normalized spacial score (nSPS) is 29.4. The number of rotatable bonds is 4. The van der Waals surface area contributed by atoms with Gasteiger partial charge in [0.15, 0.2) is 5.96 Å². The van der Waals surface area contributed by atoms with Crippen LogP contribution in [0.25, 0.3) is 0 Å². The molecule has 1 aromatic rings. The standard InChI is InChI=1S/C21H31N3O2.HI/c1-14(15-8-4-5-9-17(15)25-3)23-20(22-2)24-18-16-10-13-26-19(16)21(18)11-6-7-12-21;/h4-5,8-9,14,16,18-19H,6-7,10-13H2,1-3H3,(H2,22,23,24);1H. The third-order valence-corrected chi connectivity index (χ3v) is 6.76. The van der Waals surface area contributed by atoms with Crippen molar-refractivity contribution in [3.63, 3.8) is 0 Å². The molecular weight excluding hydrogens is 453 g/mol. The number of nitrogens with one attached hydrogen (secondary N) is 2. The average molecular weight is 485 g/mol. The number of hydrogen-bond donors (Lipinski definition) is 2. The van der Waals surface area contributed by atoms with Crippen LogP contribution in [0.2, 0.25) is 0 Å². The third kappa shape index (κ3) is 3.55. The lowest BCUT2D eigenvalue weighted by Gasteiger charge is -2.57. The molecule has 2 aliphatic carbocycles. The van der Waals surface area contributed by atoms with E-state index in [1.54, 1.807) is 7.11 Å². The van der Waals surface area contributed by atoms with Crippen molar-refractivity contribution in [2.24, 2.45) is 16.3 Å². The first-order chi connectivity index (χ1) is 12.7. The Kier molecular flexibility index (Phi) is 6.56. The summed E-state index contributed by atoms with van der Waals surface area (Å²) in [6.07, 6.45) is 6.86. The molecule has 27 heavy (non-hydrogen) atoms. The number of ether oxygens (including phenoxy) is 2. The van der Waals surface area contributed by atoms with E-state index in [2.05, 4.69) is 28.6 Å². The molecule has 1 aliphatic heterocycles. The summed E-state index contributed by atoms with van der Waals surface area (Å²) in [5.41, 5.74) is 1.47. The molecule has 1 aromatic carbocycles. The molecule has 0 radical (unpaired) electrons. The highest BCUT2D eigenvalue weighted by Crippen LogP contribution is 2.60. The molecule has 5 nitrogen and oxygen atoms in total. The number of hydrogen-bond acceptors (Lipinski definition) is 3. The van der Waals surface area contributed by atoms with Crippen LogP contribution in [0.5, 0.6) is 5.75 Å². The fraction of sp³-hybridized carbons (Fsp3) is 0.667. The Morgan fingerprint density at radius 2 is 2.04 bits per heavy atom. The van der Waals surface area contributed by atoms with Gasteiger partial charge >= 0.3 is 0 Å². The van der Waals surface area contributed by atoms with Gasteiger partial charge in [-0.2, -0.15) is 0 Å². The van der Waals surface area contributed by atoms with Crippen LogP contribution in [0, 0.1) is 11.3 Å². The molecular formula is C21H32IN3O2. The van der Waals surface area contributed by atoms with E-state index in [0.29, 0.717) is 23.5 Å². The Hall–Kier alpha value is -1.02. The van der Waals surface area contributed by atoms with Gasteiger partial charge in [0.25, 0.3) is 0 Å². The van der Waals surface area contributed by atoms with Crippen LogP contribution in [0.4, 0.5) is 0 Å². The summed E-state index contributed by atoms with van der Waals surface area (Å²) in [5, 5.41) is 7.32. The highest BCUT2D eigenvalue weighted by molar-refractivity contribution is 14.0. The fourth-order valence-electron chi connectivity index (χ4n) is 5.53. The van der Waals surface area contributed by atoms with E-state index < -0.39 is 0 Å². The van der Waals surface area contributed by atoms with Crippen LogP contribution in [0.15, 0.2) is 29.3 Å². The van der Waals surface area contributed by atoms with Crippen LogP contribution in [0.1, 0.15) is 50.6 Å². The second-order valence-electron chi connectivity index (χ2n) is 7.99. The summed E-state index contributed by atoms with van der Waals surface area (Å²) in [7, 11) is 3.57. The monoisotopic (exact) mass is 485 g/mol. The van der Waals surface area contributed by atoms with Gasteiger partial charge in [0.2, 0.25) is 0 Å². The van der Waals surface area contributed by atoms with Gasteiger partial charge in [-0.05, 0) is 32.3 Å². The predicted molar refractivity (Wildman–Crippen MR) is 119 cm³/mol. The second-order valence-corrected chi connectivity index (χ2v) is 7.99. The van der Waals surface area contributed by atoms with Gasteiger partial charge in [0.05, 0.1) is 19.3 Å². The molecule has 3 aliphatic rings. The predicted octanol–water partition coefficient (Wildman–Crippen LogP) is 3.89. The highest BCUT2D eigenvalue weighted by Gasteiger charge is 2.65. The number of para-hydroxylation sites is 1. The number of guanidine groups is 1. The minimum Gasteiger partial charge on any atom is -0.496 e. The first kappa shape index (κ1) is 20.7. The van der Waals surface area contributed by atoms with Gasteiger partial charge in [0, 0.05) is 36.6 Å². The van der Waals surface area contributed by atoms with Gasteiger partial charge in [-0.1, -0.05) is 31.0 Å². The first-order valence-electron chi connectivity index (χ1n) is 9.94. The van der Waals surface area contributed by atoms with Crippen molar-refractivity contribution in [1.82, 2.24) is 10.6 Å². The fourth-order valence-corrected chi connectivity index (χ4v) is 5.53. The van der Waals surface area contributed by atoms with Crippen LogP contribution in [0.3, 0.4) is 0 Å². The molecule has 1 spiro atoms. The molecule has 0 amide bonds. The van der Waals surface area contributed by atoms with Gasteiger partial charge in [-0.15, -0.1) is 24.0 Å². The molecule has 4 unspecified atom stereocenters. The van der Waals surface area contributed by atoms with Crippen LogP contribution in [-0.2, 0) is 4.74 Å².